The highest BCUT2D eigenvalue weighted by molar-refractivity contribution is 5.73. The van der Waals surface area contributed by atoms with Crippen molar-refractivity contribution in [2.45, 2.75) is 13.0 Å². The van der Waals surface area contributed by atoms with E-state index in [-0.39, 0.29) is 12.4 Å². The molecule has 1 heterocycles. The molecule has 0 aliphatic heterocycles. The zero-order chi connectivity index (χ0) is 13.2. The third kappa shape index (κ3) is 2.48. The number of aromatic nitrogens is 1. The summed E-state index contributed by atoms with van der Waals surface area (Å²) < 4.78 is 18.4. The first kappa shape index (κ1) is 11.9. The minimum atomic E-state index is -0.256. The molecule has 2 aromatic carbocycles. The second-order valence-electron chi connectivity index (χ2n) is 4.37. The van der Waals surface area contributed by atoms with Crippen LogP contribution in [-0.2, 0) is 13.0 Å². The van der Waals surface area contributed by atoms with Crippen molar-refractivity contribution in [2.75, 3.05) is 0 Å². The van der Waals surface area contributed by atoms with Crippen LogP contribution in [0.1, 0.15) is 17.0 Å². The first-order valence-electron chi connectivity index (χ1n) is 5.98. The lowest BCUT2D eigenvalue weighted by atomic mass is 10.1. The van der Waals surface area contributed by atoms with Crippen LogP contribution in [0.4, 0.5) is 4.39 Å². The fourth-order valence-electron chi connectivity index (χ4n) is 1.97. The Bertz CT molecular complexity index is 704. The Morgan fingerprint density at radius 1 is 1.05 bits per heavy atom. The molecule has 0 aliphatic carbocycles. The van der Waals surface area contributed by atoms with E-state index in [2.05, 4.69) is 4.98 Å². The minimum absolute atomic E-state index is 0.0239. The van der Waals surface area contributed by atoms with E-state index in [1.807, 2.05) is 12.1 Å². The highest BCUT2D eigenvalue weighted by Crippen LogP contribution is 2.19. The zero-order valence-corrected chi connectivity index (χ0v) is 10.1. The summed E-state index contributed by atoms with van der Waals surface area (Å²) in [5.41, 5.74) is 3.14. The van der Waals surface area contributed by atoms with E-state index in [0.717, 1.165) is 16.6 Å². The van der Waals surface area contributed by atoms with Crippen molar-refractivity contribution in [1.29, 1.82) is 0 Å². The zero-order valence-electron chi connectivity index (χ0n) is 10.1. The van der Waals surface area contributed by atoms with Crippen molar-refractivity contribution in [3.63, 3.8) is 0 Å². The molecule has 1 N–H and O–H groups in total. The molecule has 4 heteroatoms. The molecule has 3 nitrogen and oxygen atoms in total. The topological polar surface area (TPSA) is 46.3 Å². The highest BCUT2D eigenvalue weighted by Gasteiger charge is 2.07. The molecule has 0 amide bonds. The van der Waals surface area contributed by atoms with Gasteiger partial charge in [0, 0.05) is 6.42 Å². The standard InChI is InChI=1S/C15H12FNO2/c16-12-4-1-10(2-5-12)8-15-17-13-6-3-11(9-18)7-14(13)19-15/h1-7,18H,8-9H2. The van der Waals surface area contributed by atoms with Crippen LogP contribution in [0.3, 0.4) is 0 Å². The third-order valence-electron chi connectivity index (χ3n) is 2.95. The summed E-state index contributed by atoms with van der Waals surface area (Å²) in [5, 5.41) is 9.07. The summed E-state index contributed by atoms with van der Waals surface area (Å²) in [6.07, 6.45) is 0.517. The molecule has 0 aliphatic rings. The Hall–Kier alpha value is -2.20. The molecular formula is C15H12FNO2. The Balaban J connectivity index is 1.90. The normalized spacial score (nSPS) is 11.1. The Kier molecular flexibility index (Phi) is 3.01. The summed E-state index contributed by atoms with van der Waals surface area (Å²) >= 11 is 0. The van der Waals surface area contributed by atoms with Gasteiger partial charge in [0.1, 0.15) is 11.3 Å². The van der Waals surface area contributed by atoms with Crippen LogP contribution in [0.5, 0.6) is 0 Å². The first-order valence-corrected chi connectivity index (χ1v) is 5.98. The van der Waals surface area contributed by atoms with Crippen LogP contribution in [-0.4, -0.2) is 10.1 Å². The molecule has 3 rings (SSSR count). The van der Waals surface area contributed by atoms with Gasteiger partial charge in [-0.25, -0.2) is 9.37 Å². The molecule has 1 aromatic heterocycles. The van der Waals surface area contributed by atoms with Crippen LogP contribution in [0, 0.1) is 5.82 Å². The van der Waals surface area contributed by atoms with Gasteiger partial charge in [-0.3, -0.25) is 0 Å². The van der Waals surface area contributed by atoms with Gasteiger partial charge in [-0.2, -0.15) is 0 Å². The minimum Gasteiger partial charge on any atom is -0.440 e. The van der Waals surface area contributed by atoms with E-state index in [4.69, 9.17) is 9.52 Å². The van der Waals surface area contributed by atoms with E-state index < -0.39 is 0 Å². The average Bonchev–Trinajstić information content (AvgIpc) is 2.82. The van der Waals surface area contributed by atoms with E-state index in [1.165, 1.54) is 12.1 Å². The molecule has 0 unspecified atom stereocenters. The number of fused-ring (bicyclic) bond motifs is 1. The summed E-state index contributed by atoms with van der Waals surface area (Å²) in [6.45, 7) is -0.0239. The summed E-state index contributed by atoms with van der Waals surface area (Å²) in [7, 11) is 0. The third-order valence-corrected chi connectivity index (χ3v) is 2.95. The molecule has 0 radical (unpaired) electrons. The van der Waals surface area contributed by atoms with E-state index in [0.29, 0.717) is 17.9 Å². The number of hydrogen-bond acceptors (Lipinski definition) is 3. The second kappa shape index (κ2) is 4.82. The van der Waals surface area contributed by atoms with Crippen LogP contribution in [0.15, 0.2) is 46.9 Å². The number of hydrogen-bond donors (Lipinski definition) is 1. The van der Waals surface area contributed by atoms with Gasteiger partial charge >= 0.3 is 0 Å². The predicted octanol–water partition coefficient (Wildman–Crippen LogP) is 3.05. The fourth-order valence-corrected chi connectivity index (χ4v) is 1.97. The SMILES string of the molecule is OCc1ccc2nc(Cc3ccc(F)cc3)oc2c1. The summed E-state index contributed by atoms with van der Waals surface area (Å²) in [5.74, 6) is 0.325. The van der Waals surface area contributed by atoms with Crippen molar-refractivity contribution in [1.82, 2.24) is 4.98 Å². The quantitative estimate of drug-likeness (QED) is 0.784. The van der Waals surface area contributed by atoms with Gasteiger partial charge in [0.2, 0.25) is 0 Å². The maximum atomic E-state index is 12.8. The maximum Gasteiger partial charge on any atom is 0.199 e. The highest BCUT2D eigenvalue weighted by atomic mass is 19.1. The number of nitrogens with zero attached hydrogens (tertiary/aromatic N) is 1. The van der Waals surface area contributed by atoms with Crippen LogP contribution < -0.4 is 0 Å². The second-order valence-corrected chi connectivity index (χ2v) is 4.37. The van der Waals surface area contributed by atoms with Crippen LogP contribution >= 0.6 is 0 Å². The number of aliphatic hydroxyl groups excluding tert-OH is 1. The molecule has 0 bridgehead atoms. The molecular weight excluding hydrogens is 245 g/mol. The molecule has 0 fully saturated rings. The summed E-state index contributed by atoms with van der Waals surface area (Å²) in [4.78, 5) is 4.36. The molecule has 0 atom stereocenters. The van der Waals surface area contributed by atoms with Gasteiger partial charge < -0.3 is 9.52 Å². The van der Waals surface area contributed by atoms with Crippen molar-refractivity contribution in [3.8, 4) is 0 Å². The maximum absolute atomic E-state index is 12.8. The lowest BCUT2D eigenvalue weighted by Crippen LogP contribution is -1.87. The van der Waals surface area contributed by atoms with Gasteiger partial charge in [0.25, 0.3) is 0 Å². The molecule has 3 aromatic rings. The van der Waals surface area contributed by atoms with Crippen LogP contribution in [0.25, 0.3) is 11.1 Å². The Morgan fingerprint density at radius 2 is 1.79 bits per heavy atom. The number of halogens is 1. The molecule has 0 saturated heterocycles. The van der Waals surface area contributed by atoms with E-state index >= 15 is 0 Å². The van der Waals surface area contributed by atoms with Gasteiger partial charge in [-0.05, 0) is 35.4 Å². The molecule has 96 valence electrons. The van der Waals surface area contributed by atoms with Gasteiger partial charge in [0.15, 0.2) is 11.5 Å². The lowest BCUT2D eigenvalue weighted by Gasteiger charge is -1.96. The molecule has 0 spiro atoms. The van der Waals surface area contributed by atoms with E-state index in [9.17, 15) is 4.39 Å². The summed E-state index contributed by atoms with van der Waals surface area (Å²) in [6, 6.07) is 11.7. The van der Waals surface area contributed by atoms with Crippen LogP contribution in [0.2, 0.25) is 0 Å². The van der Waals surface area contributed by atoms with Crippen molar-refractivity contribution in [2.24, 2.45) is 0 Å². The fraction of sp³-hybridized carbons (Fsp3) is 0.133. The lowest BCUT2D eigenvalue weighted by molar-refractivity contribution is 0.282. The number of benzene rings is 2. The number of rotatable bonds is 3. The van der Waals surface area contributed by atoms with E-state index in [1.54, 1.807) is 18.2 Å². The number of aliphatic hydroxyl groups is 1. The van der Waals surface area contributed by atoms with Crippen molar-refractivity contribution >= 4 is 11.1 Å². The largest absolute Gasteiger partial charge is 0.440 e. The monoisotopic (exact) mass is 257 g/mol. The van der Waals surface area contributed by atoms with Gasteiger partial charge in [0.05, 0.1) is 6.61 Å². The number of oxazole rings is 1. The van der Waals surface area contributed by atoms with Crippen molar-refractivity contribution < 1.29 is 13.9 Å². The van der Waals surface area contributed by atoms with Crippen molar-refractivity contribution in [3.05, 3.63) is 65.3 Å². The smallest absolute Gasteiger partial charge is 0.199 e. The van der Waals surface area contributed by atoms with Gasteiger partial charge in [-0.15, -0.1) is 0 Å². The average molecular weight is 257 g/mol. The first-order chi connectivity index (χ1) is 9.24. The molecule has 0 saturated carbocycles. The Labute approximate surface area is 109 Å². The van der Waals surface area contributed by atoms with Gasteiger partial charge in [-0.1, -0.05) is 18.2 Å². The predicted molar refractivity (Wildman–Crippen MR) is 69.1 cm³/mol. The molecule has 19 heavy (non-hydrogen) atoms. The Morgan fingerprint density at radius 3 is 2.53 bits per heavy atom.